The van der Waals surface area contributed by atoms with Crippen molar-refractivity contribution in [1.82, 2.24) is 0 Å². The number of allylic oxidation sites excluding steroid dienone is 2. The number of aliphatic hydroxyl groups excluding tert-OH is 1. The summed E-state index contributed by atoms with van der Waals surface area (Å²) in [5, 5.41) is 20.1. The van der Waals surface area contributed by atoms with Crippen molar-refractivity contribution in [3.8, 4) is 0 Å². The SMILES string of the molecule is CC1CCCC2(C(=O)OCC(=O)O)CC[C@]3(C)C(=CCC4C5(C)CCC(O)C(C)(C)C5CCC43C)C12. The van der Waals surface area contributed by atoms with Crippen LogP contribution in [-0.4, -0.2) is 34.9 Å². The fourth-order valence-electron chi connectivity index (χ4n) is 11.0. The number of carboxylic acids is 1. The molecule has 0 aromatic carbocycles. The summed E-state index contributed by atoms with van der Waals surface area (Å²) >= 11 is 0. The summed E-state index contributed by atoms with van der Waals surface area (Å²) in [4.78, 5) is 24.7. The van der Waals surface area contributed by atoms with Crippen LogP contribution in [0.4, 0.5) is 0 Å². The lowest BCUT2D eigenvalue weighted by atomic mass is 9.33. The number of aliphatic carboxylic acids is 1. The molecule has 2 N–H and O–H groups in total. The van der Waals surface area contributed by atoms with E-state index in [2.05, 4.69) is 47.6 Å². The van der Waals surface area contributed by atoms with Crippen LogP contribution < -0.4 is 0 Å². The Morgan fingerprint density at radius 2 is 1.69 bits per heavy atom. The van der Waals surface area contributed by atoms with Gasteiger partial charge in [-0.15, -0.1) is 0 Å². The second-order valence-corrected chi connectivity index (χ2v) is 14.6. The molecule has 4 saturated carbocycles. The predicted octanol–water partition coefficient (Wildman–Crippen LogP) is 6.39. The summed E-state index contributed by atoms with van der Waals surface area (Å²) in [5.74, 6) is 0.244. The quantitative estimate of drug-likeness (QED) is 0.347. The van der Waals surface area contributed by atoms with E-state index in [0.29, 0.717) is 17.8 Å². The number of hydrogen-bond donors (Lipinski definition) is 2. The molecule has 36 heavy (non-hydrogen) atoms. The maximum atomic E-state index is 13.6. The zero-order chi connectivity index (χ0) is 26.3. The Labute approximate surface area is 217 Å². The third kappa shape index (κ3) is 3.29. The highest BCUT2D eigenvalue weighted by atomic mass is 16.6. The van der Waals surface area contributed by atoms with Gasteiger partial charge in [0.2, 0.25) is 0 Å². The number of carbonyl (C=O) groups excluding carboxylic acids is 1. The Morgan fingerprint density at radius 3 is 2.39 bits per heavy atom. The highest BCUT2D eigenvalue weighted by Gasteiger charge is 2.69. The van der Waals surface area contributed by atoms with Gasteiger partial charge in [0.15, 0.2) is 6.61 Å². The minimum absolute atomic E-state index is 0.0247. The van der Waals surface area contributed by atoms with Crippen molar-refractivity contribution in [2.24, 2.45) is 50.7 Å². The lowest BCUT2D eigenvalue weighted by Gasteiger charge is -2.71. The lowest BCUT2D eigenvalue weighted by molar-refractivity contribution is -0.206. The van der Waals surface area contributed by atoms with E-state index >= 15 is 0 Å². The highest BCUT2D eigenvalue weighted by molar-refractivity contribution is 5.81. The number of fused-ring (bicyclic) bond motifs is 7. The first kappa shape index (κ1) is 26.3. The van der Waals surface area contributed by atoms with Gasteiger partial charge in [-0.3, -0.25) is 4.79 Å². The largest absolute Gasteiger partial charge is 0.479 e. The van der Waals surface area contributed by atoms with Crippen LogP contribution >= 0.6 is 0 Å². The molecule has 0 aromatic rings. The first-order chi connectivity index (χ1) is 16.7. The van der Waals surface area contributed by atoms with Crippen molar-refractivity contribution in [2.45, 2.75) is 112 Å². The van der Waals surface area contributed by atoms with Crippen LogP contribution in [0.3, 0.4) is 0 Å². The second kappa shape index (κ2) is 8.32. The molecule has 0 saturated heterocycles. The van der Waals surface area contributed by atoms with Crippen molar-refractivity contribution < 1.29 is 24.5 Å². The molecule has 0 aromatic heterocycles. The molecule has 0 bridgehead atoms. The molecular formula is C31H48O5. The lowest BCUT2D eigenvalue weighted by Crippen LogP contribution is -2.65. The maximum Gasteiger partial charge on any atom is 0.341 e. The molecule has 5 aliphatic carbocycles. The Balaban J connectivity index is 1.56. The van der Waals surface area contributed by atoms with E-state index in [1.165, 1.54) is 12.0 Å². The summed E-state index contributed by atoms with van der Waals surface area (Å²) in [6, 6.07) is 0. The number of ether oxygens (including phenoxy) is 1. The van der Waals surface area contributed by atoms with Gasteiger partial charge >= 0.3 is 11.9 Å². The average Bonchev–Trinajstić information content (AvgIpc) is 2.80. The van der Waals surface area contributed by atoms with Crippen molar-refractivity contribution >= 4 is 11.9 Å². The first-order valence-electron chi connectivity index (χ1n) is 14.5. The maximum absolute atomic E-state index is 13.6. The summed E-state index contributed by atoms with van der Waals surface area (Å²) in [6.07, 6.45) is 12.3. The van der Waals surface area contributed by atoms with Gasteiger partial charge in [-0.2, -0.15) is 0 Å². The third-order valence-electron chi connectivity index (χ3n) is 13.1. The van der Waals surface area contributed by atoms with Crippen molar-refractivity contribution in [2.75, 3.05) is 6.61 Å². The normalized spacial score (nSPS) is 49.4. The van der Waals surface area contributed by atoms with E-state index in [0.717, 1.165) is 57.8 Å². The van der Waals surface area contributed by atoms with E-state index in [9.17, 15) is 14.7 Å². The minimum atomic E-state index is -1.08. The summed E-state index contributed by atoms with van der Waals surface area (Å²) in [7, 11) is 0. The van der Waals surface area contributed by atoms with Gasteiger partial charge in [0.1, 0.15) is 0 Å². The van der Waals surface area contributed by atoms with Crippen LogP contribution in [0, 0.1) is 50.7 Å². The van der Waals surface area contributed by atoms with Gasteiger partial charge in [-0.05, 0) is 96.7 Å². The molecule has 9 atom stereocenters. The van der Waals surface area contributed by atoms with Crippen LogP contribution in [0.25, 0.3) is 0 Å². The van der Waals surface area contributed by atoms with E-state index in [4.69, 9.17) is 9.84 Å². The van der Waals surface area contributed by atoms with Gasteiger partial charge < -0.3 is 14.9 Å². The average molecular weight is 501 g/mol. The van der Waals surface area contributed by atoms with Gasteiger partial charge in [0.05, 0.1) is 11.5 Å². The molecule has 202 valence electrons. The Hall–Kier alpha value is -1.36. The molecule has 5 aliphatic rings. The smallest absolute Gasteiger partial charge is 0.341 e. The summed E-state index contributed by atoms with van der Waals surface area (Å²) in [5.41, 5.74) is 1.20. The standard InChI is InChI=1S/C31H48O5/c1-19-8-7-13-31(26(35)36-18-24(33)34)17-16-29(5)20(25(19)31)9-10-22-28(4)14-12-23(32)27(2,3)21(28)11-15-30(22,29)6/h9,19,21-23,25,32H,7-8,10-18H2,1-6H3,(H,33,34)/t19?,21?,22?,23?,25?,28?,29-,30?,31?/m1/s1. The van der Waals surface area contributed by atoms with Crippen LogP contribution in [0.1, 0.15) is 106 Å². The topological polar surface area (TPSA) is 83.8 Å². The Morgan fingerprint density at radius 1 is 0.972 bits per heavy atom. The number of aliphatic hydroxyl groups is 1. The summed E-state index contributed by atoms with van der Waals surface area (Å²) < 4.78 is 5.43. The van der Waals surface area contributed by atoms with Gasteiger partial charge in [0, 0.05) is 0 Å². The second-order valence-electron chi connectivity index (χ2n) is 14.6. The summed E-state index contributed by atoms with van der Waals surface area (Å²) in [6.45, 7) is 13.9. The predicted molar refractivity (Wildman–Crippen MR) is 139 cm³/mol. The van der Waals surface area contributed by atoms with Gasteiger partial charge in [-0.1, -0.05) is 66.0 Å². The molecular weight excluding hydrogens is 452 g/mol. The zero-order valence-electron chi connectivity index (χ0n) is 23.4. The number of rotatable bonds is 3. The third-order valence-corrected chi connectivity index (χ3v) is 13.1. The number of carboxylic acid groups (broad SMARTS) is 1. The monoisotopic (exact) mass is 500 g/mol. The van der Waals surface area contributed by atoms with Crippen LogP contribution in [-0.2, 0) is 14.3 Å². The van der Waals surface area contributed by atoms with E-state index < -0.39 is 18.0 Å². The zero-order valence-corrected chi connectivity index (χ0v) is 23.4. The molecule has 5 heteroatoms. The number of hydrogen-bond acceptors (Lipinski definition) is 4. The molecule has 0 radical (unpaired) electrons. The molecule has 8 unspecified atom stereocenters. The van der Waals surface area contributed by atoms with E-state index in [-0.39, 0.29) is 39.7 Å². The first-order valence-corrected chi connectivity index (χ1v) is 14.5. The van der Waals surface area contributed by atoms with Crippen molar-refractivity contribution in [3.05, 3.63) is 11.6 Å². The van der Waals surface area contributed by atoms with E-state index in [1.54, 1.807) is 0 Å². The highest BCUT2D eigenvalue weighted by Crippen LogP contribution is 2.75. The number of carbonyl (C=O) groups is 2. The number of esters is 1. The van der Waals surface area contributed by atoms with Gasteiger partial charge in [-0.25, -0.2) is 4.79 Å². The molecule has 0 amide bonds. The molecule has 0 heterocycles. The fourth-order valence-corrected chi connectivity index (χ4v) is 11.0. The fraction of sp³-hybridized carbons (Fsp3) is 0.871. The molecule has 0 spiro atoms. The Bertz CT molecular complexity index is 968. The molecule has 4 fully saturated rings. The van der Waals surface area contributed by atoms with E-state index in [1.807, 2.05) is 0 Å². The Kier molecular flexibility index (Phi) is 6.07. The minimum Gasteiger partial charge on any atom is -0.479 e. The van der Waals surface area contributed by atoms with Crippen LogP contribution in [0.2, 0.25) is 0 Å². The van der Waals surface area contributed by atoms with Gasteiger partial charge in [0.25, 0.3) is 0 Å². The van der Waals surface area contributed by atoms with Crippen molar-refractivity contribution in [1.29, 1.82) is 0 Å². The van der Waals surface area contributed by atoms with Crippen molar-refractivity contribution in [3.63, 3.8) is 0 Å². The van der Waals surface area contributed by atoms with Crippen LogP contribution in [0.5, 0.6) is 0 Å². The molecule has 5 nitrogen and oxygen atoms in total. The molecule has 0 aliphatic heterocycles. The molecule has 5 rings (SSSR count). The van der Waals surface area contributed by atoms with Crippen LogP contribution in [0.15, 0.2) is 11.6 Å².